The van der Waals surface area contributed by atoms with Crippen molar-refractivity contribution in [1.29, 1.82) is 0 Å². The fraction of sp³-hybridized carbons (Fsp3) is 0.812. The molecule has 26 heavy (non-hydrogen) atoms. The summed E-state index contributed by atoms with van der Waals surface area (Å²) in [5.74, 6) is -2.08. The van der Waals surface area contributed by atoms with Crippen molar-refractivity contribution in [1.82, 2.24) is 16.0 Å². The highest BCUT2D eigenvalue weighted by atomic mass is 19.4. The third-order valence-electron chi connectivity index (χ3n) is 5.40. The molecule has 3 N–H and O–H groups in total. The molecule has 2 aliphatic heterocycles. The molecule has 3 aliphatic rings. The molecule has 3 fully saturated rings. The molecule has 2 saturated heterocycles. The van der Waals surface area contributed by atoms with Gasteiger partial charge >= 0.3 is 6.36 Å². The Balaban J connectivity index is 1.60. The number of ether oxygens (including phenoxy) is 1. The average molecular weight is 377 g/mol. The lowest BCUT2D eigenvalue weighted by atomic mass is 9.95. The number of nitrogens with one attached hydrogen (secondary N) is 3. The van der Waals surface area contributed by atoms with Crippen molar-refractivity contribution in [3.05, 3.63) is 0 Å². The van der Waals surface area contributed by atoms with Gasteiger partial charge in [0.05, 0.1) is 12.1 Å². The van der Waals surface area contributed by atoms with E-state index in [1.165, 1.54) is 0 Å². The Kier molecular flexibility index (Phi) is 5.25. The number of halogens is 3. The monoisotopic (exact) mass is 377 g/mol. The number of carbonyl (C=O) groups excluding carboxylic acids is 3. The molecule has 1 saturated carbocycles. The van der Waals surface area contributed by atoms with Crippen molar-refractivity contribution >= 4 is 17.6 Å². The molecule has 2 heterocycles. The number of alkyl halides is 3. The Morgan fingerprint density at radius 2 is 2.08 bits per heavy atom. The topological polar surface area (TPSA) is 96.5 Å². The largest absolute Gasteiger partial charge is 0.522 e. The van der Waals surface area contributed by atoms with E-state index in [1.54, 1.807) is 0 Å². The van der Waals surface area contributed by atoms with E-state index in [2.05, 4.69) is 20.7 Å². The van der Waals surface area contributed by atoms with Gasteiger partial charge in [0.15, 0.2) is 5.78 Å². The van der Waals surface area contributed by atoms with Crippen molar-refractivity contribution in [3.63, 3.8) is 0 Å². The van der Waals surface area contributed by atoms with Crippen molar-refractivity contribution in [2.75, 3.05) is 19.7 Å². The Bertz CT molecular complexity index is 592. The Labute approximate surface area is 148 Å². The molecule has 0 aromatic heterocycles. The second-order valence-corrected chi connectivity index (χ2v) is 7.41. The molecule has 3 rings (SSSR count). The highest BCUT2D eigenvalue weighted by Crippen LogP contribution is 2.51. The van der Waals surface area contributed by atoms with Crippen LogP contribution in [0.15, 0.2) is 0 Å². The van der Waals surface area contributed by atoms with E-state index in [-0.39, 0.29) is 17.7 Å². The van der Waals surface area contributed by atoms with Gasteiger partial charge < -0.3 is 16.0 Å². The molecule has 2 amide bonds. The van der Waals surface area contributed by atoms with E-state index in [1.807, 2.05) is 0 Å². The Hall–Kier alpha value is -1.68. The van der Waals surface area contributed by atoms with E-state index < -0.39 is 42.7 Å². The fourth-order valence-electron chi connectivity index (χ4n) is 3.61. The van der Waals surface area contributed by atoms with Gasteiger partial charge in [-0.25, -0.2) is 0 Å². The molecule has 146 valence electrons. The van der Waals surface area contributed by atoms with Gasteiger partial charge in [-0.3, -0.25) is 19.1 Å². The van der Waals surface area contributed by atoms with Crippen LogP contribution in [-0.4, -0.2) is 55.7 Å². The number of hydrogen-bond acceptors (Lipinski definition) is 5. The lowest BCUT2D eigenvalue weighted by molar-refractivity contribution is -0.321. The van der Waals surface area contributed by atoms with Crippen LogP contribution >= 0.6 is 0 Å². The minimum absolute atomic E-state index is 0.0323. The molecular formula is C16H22F3N3O4. The number of amides is 2. The minimum atomic E-state index is -4.93. The van der Waals surface area contributed by atoms with E-state index >= 15 is 0 Å². The van der Waals surface area contributed by atoms with Gasteiger partial charge in [0, 0.05) is 19.0 Å². The summed E-state index contributed by atoms with van der Waals surface area (Å²) >= 11 is 0. The summed E-state index contributed by atoms with van der Waals surface area (Å²) in [6.07, 6.45) is -1.73. The number of rotatable bonds is 7. The summed E-state index contributed by atoms with van der Waals surface area (Å²) in [7, 11) is 0. The third-order valence-corrected chi connectivity index (χ3v) is 5.40. The van der Waals surface area contributed by atoms with E-state index in [4.69, 9.17) is 0 Å². The first kappa shape index (κ1) is 19.1. The van der Waals surface area contributed by atoms with Crippen LogP contribution in [0.2, 0.25) is 0 Å². The quantitative estimate of drug-likeness (QED) is 0.591. The van der Waals surface area contributed by atoms with Crippen molar-refractivity contribution in [3.8, 4) is 0 Å². The molecule has 10 heteroatoms. The van der Waals surface area contributed by atoms with Gasteiger partial charge in [0.25, 0.3) is 0 Å². The maximum Gasteiger partial charge on any atom is 0.522 e. The first-order chi connectivity index (χ1) is 12.2. The molecule has 3 atom stereocenters. The molecule has 0 aromatic rings. The highest BCUT2D eigenvalue weighted by Gasteiger charge is 2.50. The molecule has 0 unspecified atom stereocenters. The molecule has 0 radical (unpaired) electrons. The van der Waals surface area contributed by atoms with Crippen LogP contribution in [0.5, 0.6) is 0 Å². The van der Waals surface area contributed by atoms with E-state index in [9.17, 15) is 27.6 Å². The van der Waals surface area contributed by atoms with Gasteiger partial charge in [-0.15, -0.1) is 13.2 Å². The standard InChI is InChI=1S/C16H22F3N3O4/c17-16(18,19)26-7-12(23)10(5-9-1-4-20-13(9)24)22-14(25)11-6-15(2-3-15)8-21-11/h9-11,21H,1-8H2,(H,20,24)(H,22,25)/t9-,10-,11-/m0/s1. The van der Waals surface area contributed by atoms with Gasteiger partial charge in [-0.1, -0.05) is 0 Å². The summed E-state index contributed by atoms with van der Waals surface area (Å²) in [5, 5.41) is 8.24. The number of Topliss-reactive ketones (excluding diaryl/α,β-unsaturated/α-hetero) is 1. The van der Waals surface area contributed by atoms with Crippen LogP contribution in [0.4, 0.5) is 13.2 Å². The van der Waals surface area contributed by atoms with Crippen LogP contribution in [0.3, 0.4) is 0 Å². The lowest BCUT2D eigenvalue weighted by Crippen LogP contribution is -2.50. The molecular weight excluding hydrogens is 355 g/mol. The maximum atomic E-state index is 12.4. The highest BCUT2D eigenvalue weighted by molar-refractivity contribution is 5.92. The Morgan fingerprint density at radius 1 is 1.35 bits per heavy atom. The number of hydrogen-bond donors (Lipinski definition) is 3. The third kappa shape index (κ3) is 4.73. The molecule has 7 nitrogen and oxygen atoms in total. The van der Waals surface area contributed by atoms with E-state index in [0.29, 0.717) is 19.4 Å². The van der Waals surface area contributed by atoms with Crippen molar-refractivity contribution in [2.45, 2.75) is 50.6 Å². The van der Waals surface area contributed by atoms with Crippen molar-refractivity contribution < 1.29 is 32.3 Å². The predicted molar refractivity (Wildman–Crippen MR) is 82.8 cm³/mol. The zero-order valence-corrected chi connectivity index (χ0v) is 14.2. The van der Waals surface area contributed by atoms with E-state index in [0.717, 1.165) is 19.4 Å². The first-order valence-electron chi connectivity index (χ1n) is 8.72. The zero-order chi connectivity index (χ0) is 18.9. The SMILES string of the molecule is O=C1NCC[C@H]1C[C@H](NC(=O)[C@@H]1CC2(CC2)CN1)C(=O)COC(F)(F)F. The van der Waals surface area contributed by atoms with Crippen LogP contribution in [0.25, 0.3) is 0 Å². The molecule has 1 spiro atoms. The normalized spacial score (nSPS) is 28.0. The first-order valence-corrected chi connectivity index (χ1v) is 8.72. The summed E-state index contributed by atoms with van der Waals surface area (Å²) < 4.78 is 40.2. The van der Waals surface area contributed by atoms with Gasteiger partial charge in [-0.05, 0) is 37.5 Å². The van der Waals surface area contributed by atoms with Crippen LogP contribution in [-0.2, 0) is 19.1 Å². The second kappa shape index (κ2) is 7.15. The molecule has 0 aromatic carbocycles. The Morgan fingerprint density at radius 3 is 2.62 bits per heavy atom. The van der Waals surface area contributed by atoms with Crippen LogP contribution in [0.1, 0.15) is 32.1 Å². The summed E-state index contributed by atoms with van der Waals surface area (Å²) in [5.41, 5.74) is 0.159. The van der Waals surface area contributed by atoms with Gasteiger partial charge in [0.1, 0.15) is 6.61 Å². The minimum Gasteiger partial charge on any atom is -0.356 e. The summed E-state index contributed by atoms with van der Waals surface area (Å²) in [6.45, 7) is -0.0131. The van der Waals surface area contributed by atoms with Crippen LogP contribution < -0.4 is 16.0 Å². The maximum absolute atomic E-state index is 12.4. The average Bonchev–Trinajstić information content (AvgIpc) is 2.98. The number of ketones is 1. The lowest BCUT2D eigenvalue weighted by Gasteiger charge is -2.22. The zero-order valence-electron chi connectivity index (χ0n) is 14.2. The number of carbonyl (C=O) groups is 3. The summed E-state index contributed by atoms with van der Waals surface area (Å²) in [6, 6.07) is -1.65. The van der Waals surface area contributed by atoms with Gasteiger partial charge in [-0.2, -0.15) is 0 Å². The second-order valence-electron chi connectivity index (χ2n) is 7.41. The summed E-state index contributed by atoms with van der Waals surface area (Å²) in [4.78, 5) is 36.4. The molecule has 0 bridgehead atoms. The smallest absolute Gasteiger partial charge is 0.356 e. The fourth-order valence-corrected chi connectivity index (χ4v) is 3.61. The van der Waals surface area contributed by atoms with Crippen LogP contribution in [0, 0.1) is 11.3 Å². The molecule has 1 aliphatic carbocycles. The van der Waals surface area contributed by atoms with Crippen molar-refractivity contribution in [2.24, 2.45) is 11.3 Å². The predicted octanol–water partition coefficient (Wildman–Crippen LogP) is 0.245. The van der Waals surface area contributed by atoms with Gasteiger partial charge in [0.2, 0.25) is 11.8 Å².